The molecule has 2 N–H and O–H groups in total. The Hall–Kier alpha value is -0.450. The molecule has 0 radical (unpaired) electrons. The van der Waals surface area contributed by atoms with Crippen LogP contribution in [0.1, 0.15) is 44.3 Å². The number of halogens is 1. The molecular formula is C20H38IN5OS. The van der Waals surface area contributed by atoms with E-state index >= 15 is 0 Å². The lowest BCUT2D eigenvalue weighted by molar-refractivity contribution is 0.0143. The first-order chi connectivity index (χ1) is 13.1. The van der Waals surface area contributed by atoms with E-state index in [1.54, 1.807) is 11.3 Å². The molecule has 1 aromatic rings. The Balaban J connectivity index is 0.00000392. The van der Waals surface area contributed by atoms with Crippen molar-refractivity contribution < 1.29 is 4.74 Å². The average molecular weight is 524 g/mol. The van der Waals surface area contributed by atoms with Crippen molar-refractivity contribution in [3.63, 3.8) is 0 Å². The fraction of sp³-hybridized carbons (Fsp3) is 0.800. The molecule has 1 atom stereocenters. The van der Waals surface area contributed by atoms with Crippen molar-refractivity contribution in [2.75, 3.05) is 45.9 Å². The summed E-state index contributed by atoms with van der Waals surface area (Å²) >= 11 is 1.75. The summed E-state index contributed by atoms with van der Waals surface area (Å²) in [5.41, 5.74) is 1.12. The number of nitrogens with zero attached hydrogens (tertiary/aromatic N) is 3. The third-order valence-corrected chi connectivity index (χ3v) is 5.66. The maximum Gasteiger partial charge on any atom is 0.191 e. The molecule has 0 aliphatic carbocycles. The van der Waals surface area contributed by atoms with Crippen LogP contribution in [0.5, 0.6) is 0 Å². The maximum atomic E-state index is 5.52. The summed E-state index contributed by atoms with van der Waals surface area (Å²) in [6.45, 7) is 15.1. The van der Waals surface area contributed by atoms with Crippen LogP contribution in [-0.2, 0) is 11.2 Å². The molecule has 1 aliphatic rings. The van der Waals surface area contributed by atoms with Gasteiger partial charge >= 0.3 is 0 Å². The van der Waals surface area contributed by atoms with E-state index in [9.17, 15) is 0 Å². The van der Waals surface area contributed by atoms with Gasteiger partial charge in [0.05, 0.1) is 24.8 Å². The van der Waals surface area contributed by atoms with Crippen LogP contribution in [0.4, 0.5) is 0 Å². The number of thiazole rings is 1. The van der Waals surface area contributed by atoms with Crippen LogP contribution in [0, 0.1) is 12.8 Å². The quantitative estimate of drug-likeness (QED) is 0.213. The van der Waals surface area contributed by atoms with Crippen LogP contribution in [0.3, 0.4) is 0 Å². The standard InChI is InChI=1S/C20H37N5OS.HI/c1-5-21-20(22-8-6-7-19-24-17(4)15-27-19)23-14-18(13-16(2)3)25-9-11-26-12-10-25;/h15-16,18H,5-14H2,1-4H3,(H2,21,22,23);1H. The first kappa shape index (κ1) is 25.6. The largest absolute Gasteiger partial charge is 0.379 e. The van der Waals surface area contributed by atoms with Crippen molar-refractivity contribution in [3.05, 3.63) is 16.1 Å². The minimum Gasteiger partial charge on any atom is -0.379 e. The summed E-state index contributed by atoms with van der Waals surface area (Å²) in [4.78, 5) is 12.0. The van der Waals surface area contributed by atoms with Gasteiger partial charge in [-0.05, 0) is 32.6 Å². The molecule has 1 aromatic heterocycles. The first-order valence-corrected chi connectivity index (χ1v) is 11.2. The SMILES string of the molecule is CCNC(=NCC(CC(C)C)N1CCOCC1)NCCCc1nc(C)cs1.I. The Morgan fingerprint density at radius 3 is 2.68 bits per heavy atom. The maximum absolute atomic E-state index is 5.52. The van der Waals surface area contributed by atoms with E-state index in [0.29, 0.717) is 12.0 Å². The van der Waals surface area contributed by atoms with Gasteiger partial charge in [-0.25, -0.2) is 4.98 Å². The van der Waals surface area contributed by atoms with Crippen molar-refractivity contribution in [2.45, 2.75) is 53.0 Å². The molecule has 0 aromatic carbocycles. The molecule has 0 amide bonds. The zero-order valence-corrected chi connectivity index (χ0v) is 21.0. The molecule has 1 fully saturated rings. The molecule has 0 bridgehead atoms. The molecule has 2 heterocycles. The van der Waals surface area contributed by atoms with Crippen LogP contribution < -0.4 is 10.6 Å². The number of aryl methyl sites for hydroxylation is 2. The van der Waals surface area contributed by atoms with Gasteiger partial charge < -0.3 is 15.4 Å². The number of aliphatic imine (C=N–C) groups is 1. The number of guanidine groups is 1. The lowest BCUT2D eigenvalue weighted by atomic mass is 10.0. The Morgan fingerprint density at radius 1 is 1.32 bits per heavy atom. The third kappa shape index (κ3) is 9.84. The highest BCUT2D eigenvalue weighted by atomic mass is 127. The summed E-state index contributed by atoms with van der Waals surface area (Å²) in [6, 6.07) is 0.489. The molecule has 1 unspecified atom stereocenters. The smallest absolute Gasteiger partial charge is 0.191 e. The number of morpholine rings is 1. The van der Waals surface area contributed by atoms with Crippen molar-refractivity contribution in [1.29, 1.82) is 0 Å². The molecule has 28 heavy (non-hydrogen) atoms. The molecule has 162 valence electrons. The summed E-state index contributed by atoms with van der Waals surface area (Å²) < 4.78 is 5.52. The summed E-state index contributed by atoms with van der Waals surface area (Å²) in [6.07, 6.45) is 3.26. The number of hydrogen-bond donors (Lipinski definition) is 2. The van der Waals surface area contributed by atoms with Gasteiger partial charge in [0.15, 0.2) is 5.96 Å². The molecule has 1 aliphatic heterocycles. The molecule has 0 saturated carbocycles. The van der Waals surface area contributed by atoms with Crippen LogP contribution in [0.25, 0.3) is 0 Å². The average Bonchev–Trinajstić information content (AvgIpc) is 3.07. The Kier molecular flexibility index (Phi) is 13.3. The van der Waals surface area contributed by atoms with Gasteiger partial charge in [0.1, 0.15) is 0 Å². The van der Waals surface area contributed by atoms with Crippen molar-refractivity contribution in [2.24, 2.45) is 10.9 Å². The van der Waals surface area contributed by atoms with E-state index in [-0.39, 0.29) is 24.0 Å². The first-order valence-electron chi connectivity index (χ1n) is 10.3. The summed E-state index contributed by atoms with van der Waals surface area (Å²) in [5, 5.41) is 10.2. The topological polar surface area (TPSA) is 61.8 Å². The van der Waals surface area contributed by atoms with Gasteiger partial charge in [0, 0.05) is 49.7 Å². The van der Waals surface area contributed by atoms with Gasteiger partial charge in [-0.2, -0.15) is 0 Å². The Morgan fingerprint density at radius 2 is 2.07 bits per heavy atom. The van der Waals surface area contributed by atoms with Crippen LogP contribution in [0.2, 0.25) is 0 Å². The number of ether oxygens (including phenoxy) is 1. The fourth-order valence-electron chi connectivity index (χ4n) is 3.33. The Labute approximate surface area is 192 Å². The molecule has 8 heteroatoms. The second-order valence-corrected chi connectivity index (χ2v) is 8.51. The second-order valence-electron chi connectivity index (χ2n) is 7.56. The lowest BCUT2D eigenvalue weighted by Crippen LogP contribution is -2.46. The normalized spacial score (nSPS) is 16.7. The van der Waals surface area contributed by atoms with Crippen molar-refractivity contribution in [3.8, 4) is 0 Å². The molecular weight excluding hydrogens is 485 g/mol. The molecule has 2 rings (SSSR count). The van der Waals surface area contributed by atoms with Gasteiger partial charge in [0.25, 0.3) is 0 Å². The van der Waals surface area contributed by atoms with Crippen molar-refractivity contribution in [1.82, 2.24) is 20.5 Å². The monoisotopic (exact) mass is 523 g/mol. The minimum atomic E-state index is 0. The number of aromatic nitrogens is 1. The predicted molar refractivity (Wildman–Crippen MR) is 130 cm³/mol. The van der Waals surface area contributed by atoms with Gasteiger partial charge in [-0.3, -0.25) is 9.89 Å². The molecule has 1 saturated heterocycles. The summed E-state index contributed by atoms with van der Waals surface area (Å²) in [5.74, 6) is 1.60. The highest BCUT2D eigenvalue weighted by molar-refractivity contribution is 14.0. The zero-order chi connectivity index (χ0) is 19.5. The highest BCUT2D eigenvalue weighted by Gasteiger charge is 2.21. The van der Waals surface area contributed by atoms with Crippen molar-refractivity contribution >= 4 is 41.3 Å². The third-order valence-electron chi connectivity index (χ3n) is 4.64. The molecule has 0 spiro atoms. The van der Waals surface area contributed by atoms with E-state index in [1.807, 2.05) is 0 Å². The highest BCUT2D eigenvalue weighted by Crippen LogP contribution is 2.14. The summed E-state index contributed by atoms with van der Waals surface area (Å²) in [7, 11) is 0. The lowest BCUT2D eigenvalue weighted by Gasteiger charge is -2.34. The number of nitrogens with one attached hydrogen (secondary N) is 2. The zero-order valence-electron chi connectivity index (χ0n) is 17.9. The van der Waals surface area contributed by atoms with E-state index < -0.39 is 0 Å². The van der Waals surface area contributed by atoms with E-state index in [2.05, 4.69) is 53.6 Å². The molecule has 6 nitrogen and oxygen atoms in total. The van der Waals surface area contributed by atoms with Gasteiger partial charge in [-0.1, -0.05) is 13.8 Å². The minimum absolute atomic E-state index is 0. The predicted octanol–water partition coefficient (Wildman–Crippen LogP) is 3.30. The fourth-order valence-corrected chi connectivity index (χ4v) is 4.15. The van der Waals surface area contributed by atoms with Crippen LogP contribution in [0.15, 0.2) is 10.4 Å². The number of hydrogen-bond acceptors (Lipinski definition) is 5. The second kappa shape index (κ2) is 14.5. The van der Waals surface area contributed by atoms with Crippen LogP contribution >= 0.6 is 35.3 Å². The van der Waals surface area contributed by atoms with E-state index in [4.69, 9.17) is 9.73 Å². The van der Waals surface area contributed by atoms with E-state index in [0.717, 1.165) is 70.4 Å². The van der Waals surface area contributed by atoms with E-state index in [1.165, 1.54) is 11.4 Å². The number of rotatable bonds is 10. The van der Waals surface area contributed by atoms with Gasteiger partial charge in [-0.15, -0.1) is 35.3 Å². The van der Waals surface area contributed by atoms with Crippen LogP contribution in [-0.4, -0.2) is 67.8 Å². The van der Waals surface area contributed by atoms with Gasteiger partial charge in [0.2, 0.25) is 0 Å². The Bertz CT molecular complexity index is 561.